The normalized spacial score (nSPS) is 12.8. The highest BCUT2D eigenvalue weighted by Gasteiger charge is 2.24. The van der Waals surface area contributed by atoms with E-state index in [1.165, 1.54) is 0 Å². The van der Waals surface area contributed by atoms with Gasteiger partial charge in [0, 0.05) is 24.6 Å². The fourth-order valence-electron chi connectivity index (χ4n) is 4.39. The van der Waals surface area contributed by atoms with Gasteiger partial charge in [-0.1, -0.05) is 87.7 Å². The summed E-state index contributed by atoms with van der Waals surface area (Å²) in [4.78, 5) is 29.1. The summed E-state index contributed by atoms with van der Waals surface area (Å²) in [5, 5.41) is 13.0. The molecule has 2 aromatic carbocycles. The number of imidazole rings is 1. The van der Waals surface area contributed by atoms with E-state index in [4.69, 9.17) is 11.6 Å². The van der Waals surface area contributed by atoms with Crippen LogP contribution >= 0.6 is 24.2 Å². The molecule has 2 N–H and O–H groups in total. The monoisotopic (exact) mass is 541 g/mol. The van der Waals surface area contributed by atoms with E-state index in [1.54, 1.807) is 12.1 Å². The van der Waals surface area contributed by atoms with Gasteiger partial charge in [-0.3, -0.25) is 4.79 Å². The lowest BCUT2D eigenvalue weighted by Crippen LogP contribution is -2.35. The topological polar surface area (TPSA) is 84.2 Å². The summed E-state index contributed by atoms with van der Waals surface area (Å²) in [6.45, 7) is 7.12. The molecular weight excluding hydrogens is 506 g/mol. The summed E-state index contributed by atoms with van der Waals surface area (Å²) in [5.74, 6) is 0.488. The molecule has 198 valence electrons. The summed E-state index contributed by atoms with van der Waals surface area (Å²) < 4.78 is 2.09. The first-order valence-electron chi connectivity index (χ1n) is 12.8. The predicted octanol–water partition coefficient (Wildman–Crippen LogP) is 6.50. The number of aryl methyl sites for hydroxylation is 1. The van der Waals surface area contributed by atoms with E-state index in [0.717, 1.165) is 48.3 Å². The molecule has 2 unspecified atom stereocenters. The van der Waals surface area contributed by atoms with Crippen LogP contribution in [0.15, 0.2) is 48.5 Å². The number of unbranched alkanes of at least 4 members (excludes halogenated alkanes) is 1. The first-order chi connectivity index (χ1) is 17.8. The third kappa shape index (κ3) is 7.17. The Hall–Kier alpha value is -2.77. The van der Waals surface area contributed by atoms with Crippen molar-refractivity contribution in [3.8, 4) is 11.1 Å². The molecule has 0 fully saturated rings. The van der Waals surface area contributed by atoms with Crippen LogP contribution in [0.5, 0.6) is 0 Å². The number of benzene rings is 2. The minimum atomic E-state index is -0.950. The number of thiol groups is 1. The average molecular weight is 542 g/mol. The second-order valence-corrected chi connectivity index (χ2v) is 10.1. The number of hydrogen-bond acceptors (Lipinski definition) is 4. The van der Waals surface area contributed by atoms with Gasteiger partial charge in [0.15, 0.2) is 5.15 Å². The van der Waals surface area contributed by atoms with Gasteiger partial charge >= 0.3 is 5.97 Å². The zero-order valence-corrected chi connectivity index (χ0v) is 23.4. The molecule has 8 heteroatoms. The first-order valence-corrected chi connectivity index (χ1v) is 13.9. The van der Waals surface area contributed by atoms with Crippen LogP contribution in [0.4, 0.5) is 0 Å². The second-order valence-electron chi connectivity index (χ2n) is 9.40. The number of carboxylic acid groups (broad SMARTS) is 1. The van der Waals surface area contributed by atoms with Crippen molar-refractivity contribution in [1.82, 2.24) is 14.9 Å². The highest BCUT2D eigenvalue weighted by molar-refractivity contribution is 7.80. The Bertz CT molecular complexity index is 1210. The molecule has 0 bridgehead atoms. The number of carboxylic acids is 1. The van der Waals surface area contributed by atoms with E-state index < -0.39 is 5.97 Å². The second kappa shape index (κ2) is 13.7. The van der Waals surface area contributed by atoms with E-state index in [2.05, 4.69) is 48.3 Å². The van der Waals surface area contributed by atoms with Crippen LogP contribution in [0, 0.1) is 11.8 Å². The minimum absolute atomic E-state index is 0.0234. The molecule has 6 nitrogen and oxygen atoms in total. The third-order valence-corrected chi connectivity index (χ3v) is 7.61. The third-order valence-electron chi connectivity index (χ3n) is 6.91. The Labute approximate surface area is 229 Å². The standard InChI is InChI=1S/C29H36ClN3O3S/c1-4-6-11-26-32-27(30)25(16-31-28(34)24(18-37)19(3)5-2)33(26)17-20-12-14-21(15-13-20)22-9-7-8-10-23(22)29(35)36/h7-10,12-15,19,24,37H,4-6,11,16-18H2,1-3H3,(H,31,34)(H,35,36). The summed E-state index contributed by atoms with van der Waals surface area (Å²) >= 11 is 11.0. The Kier molecular flexibility index (Phi) is 10.6. The summed E-state index contributed by atoms with van der Waals surface area (Å²) in [5.41, 5.74) is 3.60. The summed E-state index contributed by atoms with van der Waals surface area (Å²) in [6.07, 6.45) is 3.72. The van der Waals surface area contributed by atoms with Crippen LogP contribution in [0.3, 0.4) is 0 Å². The highest BCUT2D eigenvalue weighted by atomic mass is 35.5. The quantitative estimate of drug-likeness (QED) is 0.216. The molecule has 1 heterocycles. The molecule has 0 radical (unpaired) electrons. The fraction of sp³-hybridized carbons (Fsp3) is 0.414. The predicted molar refractivity (Wildman–Crippen MR) is 152 cm³/mol. The van der Waals surface area contributed by atoms with Gasteiger partial charge in [0.25, 0.3) is 0 Å². The molecule has 0 saturated heterocycles. The molecule has 2 atom stereocenters. The van der Waals surface area contributed by atoms with Crippen molar-refractivity contribution >= 4 is 36.1 Å². The average Bonchev–Trinajstić information content (AvgIpc) is 3.20. The molecular formula is C29H36ClN3O3S. The number of halogens is 1. The van der Waals surface area contributed by atoms with Crippen molar-refractivity contribution in [2.75, 3.05) is 5.75 Å². The van der Waals surface area contributed by atoms with Gasteiger partial charge in [0.2, 0.25) is 5.91 Å². The zero-order valence-electron chi connectivity index (χ0n) is 21.7. The first kappa shape index (κ1) is 28.8. The van der Waals surface area contributed by atoms with Gasteiger partial charge in [0.05, 0.1) is 17.8 Å². The molecule has 1 amide bonds. The Morgan fingerprint density at radius 1 is 1.14 bits per heavy atom. The van der Waals surface area contributed by atoms with Gasteiger partial charge in [-0.05, 0) is 35.1 Å². The van der Waals surface area contributed by atoms with Crippen molar-refractivity contribution in [2.24, 2.45) is 11.8 Å². The number of carbonyl (C=O) groups excluding carboxylic acids is 1. The van der Waals surface area contributed by atoms with E-state index in [1.807, 2.05) is 36.4 Å². The lowest BCUT2D eigenvalue weighted by Gasteiger charge is -2.21. The Balaban J connectivity index is 1.86. The van der Waals surface area contributed by atoms with Crippen LogP contribution in [-0.2, 0) is 24.3 Å². The van der Waals surface area contributed by atoms with Gasteiger partial charge in [-0.25, -0.2) is 9.78 Å². The number of hydrogen-bond donors (Lipinski definition) is 3. The molecule has 3 aromatic rings. The van der Waals surface area contributed by atoms with Gasteiger partial charge in [-0.15, -0.1) is 0 Å². The Morgan fingerprint density at radius 3 is 2.46 bits per heavy atom. The largest absolute Gasteiger partial charge is 0.478 e. The fourth-order valence-corrected chi connectivity index (χ4v) is 5.18. The SMILES string of the molecule is CCCCc1nc(Cl)c(CNC(=O)C(CS)C(C)CC)n1Cc1ccc(-c2ccccc2C(=O)O)cc1. The Morgan fingerprint density at radius 2 is 1.84 bits per heavy atom. The molecule has 0 saturated carbocycles. The van der Waals surface area contributed by atoms with Crippen LogP contribution in [0.25, 0.3) is 11.1 Å². The molecule has 1 aromatic heterocycles. The molecule has 3 rings (SSSR count). The zero-order chi connectivity index (χ0) is 26.9. The lowest BCUT2D eigenvalue weighted by molar-refractivity contribution is -0.125. The molecule has 0 aliphatic rings. The van der Waals surface area contributed by atoms with E-state index >= 15 is 0 Å². The van der Waals surface area contributed by atoms with E-state index in [-0.39, 0.29) is 23.3 Å². The van der Waals surface area contributed by atoms with Crippen LogP contribution in [-0.4, -0.2) is 32.3 Å². The highest BCUT2D eigenvalue weighted by Crippen LogP contribution is 2.26. The number of amides is 1. The van der Waals surface area contributed by atoms with Crippen molar-refractivity contribution < 1.29 is 14.7 Å². The lowest BCUT2D eigenvalue weighted by atomic mass is 9.92. The minimum Gasteiger partial charge on any atom is -0.478 e. The number of carbonyl (C=O) groups is 2. The van der Waals surface area contributed by atoms with Gasteiger partial charge in [-0.2, -0.15) is 12.6 Å². The molecule has 0 aliphatic carbocycles. The number of nitrogens with zero attached hydrogens (tertiary/aromatic N) is 2. The van der Waals surface area contributed by atoms with Crippen LogP contribution in [0.1, 0.15) is 67.5 Å². The van der Waals surface area contributed by atoms with Crippen molar-refractivity contribution in [1.29, 1.82) is 0 Å². The van der Waals surface area contributed by atoms with Crippen molar-refractivity contribution in [3.05, 3.63) is 76.3 Å². The maximum absolute atomic E-state index is 12.9. The maximum atomic E-state index is 12.9. The van der Waals surface area contributed by atoms with Crippen molar-refractivity contribution in [2.45, 2.75) is 59.5 Å². The molecule has 0 aliphatic heterocycles. The maximum Gasteiger partial charge on any atom is 0.336 e. The summed E-state index contributed by atoms with van der Waals surface area (Å²) in [6, 6.07) is 14.8. The van der Waals surface area contributed by atoms with Crippen LogP contribution in [0.2, 0.25) is 5.15 Å². The smallest absolute Gasteiger partial charge is 0.336 e. The van der Waals surface area contributed by atoms with Gasteiger partial charge in [0.1, 0.15) is 5.82 Å². The summed E-state index contributed by atoms with van der Waals surface area (Å²) in [7, 11) is 0. The number of rotatable bonds is 13. The number of nitrogens with one attached hydrogen (secondary N) is 1. The molecule has 0 spiro atoms. The van der Waals surface area contributed by atoms with Crippen LogP contribution < -0.4 is 5.32 Å². The number of aromatic carboxylic acids is 1. The van der Waals surface area contributed by atoms with E-state index in [9.17, 15) is 14.7 Å². The van der Waals surface area contributed by atoms with Gasteiger partial charge < -0.3 is 15.0 Å². The van der Waals surface area contributed by atoms with Crippen molar-refractivity contribution in [3.63, 3.8) is 0 Å². The van der Waals surface area contributed by atoms with E-state index in [0.29, 0.717) is 29.6 Å². The number of aromatic nitrogens is 2. The molecule has 37 heavy (non-hydrogen) atoms.